The summed E-state index contributed by atoms with van der Waals surface area (Å²) < 4.78 is 5.24. The molecule has 0 saturated carbocycles. The number of nitrogens with zero attached hydrogens (tertiary/aromatic N) is 1. The predicted molar refractivity (Wildman–Crippen MR) is 81.7 cm³/mol. The molecule has 1 N–H and O–H groups in total. The van der Waals surface area contributed by atoms with Crippen LogP contribution in [0.25, 0.3) is 0 Å². The van der Waals surface area contributed by atoms with E-state index in [4.69, 9.17) is 4.74 Å². The number of thioether (sulfide) groups is 1. The number of rotatable bonds is 3. The number of fused-ring (bicyclic) bond motifs is 2. The van der Waals surface area contributed by atoms with Gasteiger partial charge < -0.3 is 10.1 Å². The van der Waals surface area contributed by atoms with Crippen molar-refractivity contribution in [2.45, 2.75) is 48.3 Å². The Morgan fingerprint density at radius 3 is 2.62 bits per heavy atom. The molecule has 0 radical (unpaired) electrons. The molecule has 1 aromatic carbocycles. The molecule has 3 rings (SSSR count). The molecule has 2 aliphatic rings. The molecule has 2 bridgehead atoms. The minimum Gasteiger partial charge on any atom is -0.445 e. The van der Waals surface area contributed by atoms with E-state index in [1.54, 1.807) is 0 Å². The lowest BCUT2D eigenvalue weighted by atomic mass is 9.91. The van der Waals surface area contributed by atoms with Gasteiger partial charge in [-0.15, -0.1) is 0 Å². The zero-order valence-corrected chi connectivity index (χ0v) is 12.6. The zero-order chi connectivity index (χ0) is 14.7. The van der Waals surface area contributed by atoms with Gasteiger partial charge in [-0.2, -0.15) is 17.0 Å². The number of carbonyl (C=O) groups is 1. The molecule has 2 heterocycles. The van der Waals surface area contributed by atoms with Gasteiger partial charge in [0.25, 0.3) is 0 Å². The first-order valence-electron chi connectivity index (χ1n) is 7.25. The Balaban J connectivity index is 1.57. The largest absolute Gasteiger partial charge is 0.445 e. The third kappa shape index (κ3) is 3.33. The predicted octanol–water partition coefficient (Wildman–Crippen LogP) is 3.23. The Bertz CT molecular complexity index is 543. The van der Waals surface area contributed by atoms with E-state index in [1.165, 1.54) is 0 Å². The number of carbonyl (C=O) groups excluding carboxylic acids is 1. The van der Waals surface area contributed by atoms with Crippen molar-refractivity contribution in [3.8, 4) is 6.07 Å². The number of nitrogens with one attached hydrogen (secondary N) is 1. The number of nitriles is 1. The van der Waals surface area contributed by atoms with Crippen molar-refractivity contribution in [3.63, 3.8) is 0 Å². The van der Waals surface area contributed by atoms with Gasteiger partial charge in [0.2, 0.25) is 0 Å². The van der Waals surface area contributed by atoms with Crippen LogP contribution in [-0.2, 0) is 11.3 Å². The van der Waals surface area contributed by atoms with Crippen LogP contribution >= 0.6 is 11.8 Å². The van der Waals surface area contributed by atoms with Crippen LogP contribution in [0.2, 0.25) is 0 Å². The first kappa shape index (κ1) is 14.3. The van der Waals surface area contributed by atoms with Crippen LogP contribution in [-0.4, -0.2) is 22.1 Å². The van der Waals surface area contributed by atoms with Crippen molar-refractivity contribution < 1.29 is 9.53 Å². The number of alkyl carbamates (subject to hydrolysis) is 1. The Hall–Kier alpha value is -1.67. The lowest BCUT2D eigenvalue weighted by molar-refractivity contribution is 0.129. The number of benzene rings is 1. The summed E-state index contributed by atoms with van der Waals surface area (Å²) in [4.78, 5) is 12.0. The molecule has 2 aliphatic heterocycles. The molecule has 1 amide bonds. The average Bonchev–Trinajstić information content (AvgIpc) is 2.86. The second kappa shape index (κ2) is 5.98. The van der Waals surface area contributed by atoms with Crippen LogP contribution in [0, 0.1) is 11.3 Å². The SMILES string of the molecule is N#CC1(NC(=O)OCc2ccccc2)CC2CCC(C1)S2. The summed E-state index contributed by atoms with van der Waals surface area (Å²) in [5.41, 5.74) is 0.197. The summed E-state index contributed by atoms with van der Waals surface area (Å²) in [5.74, 6) is 0. The molecule has 0 spiro atoms. The molecule has 110 valence electrons. The molecule has 5 heteroatoms. The number of amides is 1. The van der Waals surface area contributed by atoms with Crippen LogP contribution in [0.15, 0.2) is 30.3 Å². The molecule has 0 aromatic heterocycles. The number of hydrogen-bond donors (Lipinski definition) is 1. The van der Waals surface area contributed by atoms with E-state index in [0.29, 0.717) is 10.5 Å². The fourth-order valence-electron chi connectivity index (χ4n) is 3.12. The van der Waals surface area contributed by atoms with E-state index in [-0.39, 0.29) is 6.61 Å². The maximum atomic E-state index is 12.0. The minimum atomic E-state index is -0.745. The van der Waals surface area contributed by atoms with Gasteiger partial charge in [-0.3, -0.25) is 0 Å². The quantitative estimate of drug-likeness (QED) is 0.931. The lowest BCUT2D eigenvalue weighted by Gasteiger charge is -2.34. The molecular formula is C16H18N2O2S. The van der Waals surface area contributed by atoms with Crippen LogP contribution < -0.4 is 5.32 Å². The summed E-state index contributed by atoms with van der Waals surface area (Å²) >= 11 is 1.96. The van der Waals surface area contributed by atoms with E-state index in [2.05, 4.69) is 11.4 Å². The molecule has 2 atom stereocenters. The highest BCUT2D eigenvalue weighted by Gasteiger charge is 2.46. The van der Waals surface area contributed by atoms with E-state index in [1.807, 2.05) is 42.1 Å². The van der Waals surface area contributed by atoms with Gasteiger partial charge in [0.05, 0.1) is 6.07 Å². The second-order valence-electron chi connectivity index (χ2n) is 5.75. The third-order valence-corrected chi connectivity index (χ3v) is 5.69. The molecule has 2 fully saturated rings. The molecule has 21 heavy (non-hydrogen) atoms. The van der Waals surface area contributed by atoms with Crippen molar-refractivity contribution in [1.29, 1.82) is 5.26 Å². The second-order valence-corrected chi connectivity index (χ2v) is 7.35. The van der Waals surface area contributed by atoms with Crippen molar-refractivity contribution >= 4 is 17.9 Å². The molecule has 1 aromatic rings. The Morgan fingerprint density at radius 1 is 1.33 bits per heavy atom. The Kier molecular flexibility index (Phi) is 4.07. The van der Waals surface area contributed by atoms with E-state index >= 15 is 0 Å². The highest BCUT2D eigenvalue weighted by Crippen LogP contribution is 2.47. The lowest BCUT2D eigenvalue weighted by Crippen LogP contribution is -2.51. The van der Waals surface area contributed by atoms with Crippen LogP contribution in [0.5, 0.6) is 0 Å². The third-order valence-electron chi connectivity index (χ3n) is 4.12. The molecule has 4 nitrogen and oxygen atoms in total. The van der Waals surface area contributed by atoms with Crippen molar-refractivity contribution in [2.24, 2.45) is 0 Å². The van der Waals surface area contributed by atoms with Crippen molar-refractivity contribution in [3.05, 3.63) is 35.9 Å². The van der Waals surface area contributed by atoms with Gasteiger partial charge in [-0.1, -0.05) is 30.3 Å². The first-order chi connectivity index (χ1) is 10.2. The first-order valence-corrected chi connectivity index (χ1v) is 8.19. The molecule has 0 aliphatic carbocycles. The molecular weight excluding hydrogens is 284 g/mol. The van der Waals surface area contributed by atoms with Crippen molar-refractivity contribution in [1.82, 2.24) is 5.32 Å². The van der Waals surface area contributed by atoms with Crippen LogP contribution in [0.4, 0.5) is 4.79 Å². The van der Waals surface area contributed by atoms with Crippen LogP contribution in [0.3, 0.4) is 0 Å². The van der Waals surface area contributed by atoms with Gasteiger partial charge in [0.1, 0.15) is 12.1 Å². The standard InChI is InChI=1S/C16H18N2O2S/c17-11-16(8-13-6-7-14(9-16)21-13)18-15(19)20-10-12-4-2-1-3-5-12/h1-5,13-14H,6-10H2,(H,18,19). The van der Waals surface area contributed by atoms with Gasteiger partial charge in [-0.05, 0) is 31.2 Å². The summed E-state index contributed by atoms with van der Waals surface area (Å²) in [6.07, 6.45) is 3.27. The highest BCUT2D eigenvalue weighted by molar-refractivity contribution is 8.00. The highest BCUT2D eigenvalue weighted by atomic mass is 32.2. The monoisotopic (exact) mass is 302 g/mol. The van der Waals surface area contributed by atoms with E-state index < -0.39 is 11.6 Å². The molecule has 2 unspecified atom stereocenters. The van der Waals surface area contributed by atoms with Crippen LogP contribution in [0.1, 0.15) is 31.2 Å². The number of ether oxygens (including phenoxy) is 1. The maximum absolute atomic E-state index is 12.0. The zero-order valence-electron chi connectivity index (χ0n) is 11.7. The summed E-state index contributed by atoms with van der Waals surface area (Å²) in [7, 11) is 0. The normalized spacial score (nSPS) is 30.4. The van der Waals surface area contributed by atoms with E-state index in [9.17, 15) is 10.1 Å². The summed E-state index contributed by atoms with van der Waals surface area (Å²) in [5, 5.41) is 13.3. The van der Waals surface area contributed by atoms with Gasteiger partial charge >= 0.3 is 6.09 Å². The average molecular weight is 302 g/mol. The summed E-state index contributed by atoms with van der Waals surface area (Å²) in [6.45, 7) is 0.232. The topological polar surface area (TPSA) is 62.1 Å². The van der Waals surface area contributed by atoms with E-state index in [0.717, 1.165) is 31.2 Å². The number of hydrogen-bond acceptors (Lipinski definition) is 4. The van der Waals surface area contributed by atoms with Crippen molar-refractivity contribution in [2.75, 3.05) is 0 Å². The van der Waals surface area contributed by atoms with Gasteiger partial charge in [0.15, 0.2) is 0 Å². The van der Waals surface area contributed by atoms with Gasteiger partial charge in [0, 0.05) is 10.5 Å². The Morgan fingerprint density at radius 2 is 2.00 bits per heavy atom. The van der Waals surface area contributed by atoms with Gasteiger partial charge in [-0.25, -0.2) is 4.79 Å². The minimum absolute atomic E-state index is 0.232. The maximum Gasteiger partial charge on any atom is 0.408 e. The molecule has 2 saturated heterocycles. The fraction of sp³-hybridized carbons (Fsp3) is 0.500. The smallest absolute Gasteiger partial charge is 0.408 e. The Labute approximate surface area is 128 Å². The summed E-state index contributed by atoms with van der Waals surface area (Å²) in [6, 6.07) is 11.9. The fourth-order valence-corrected chi connectivity index (χ4v) is 4.97.